The van der Waals surface area contributed by atoms with Crippen LogP contribution in [-0.4, -0.2) is 28.5 Å². The quantitative estimate of drug-likeness (QED) is 0.510. The molecule has 31 heavy (non-hydrogen) atoms. The van der Waals surface area contributed by atoms with Gasteiger partial charge in [-0.05, 0) is 73.5 Å². The molecule has 2 aromatic heterocycles. The highest BCUT2D eigenvalue weighted by Crippen LogP contribution is 2.30. The maximum Gasteiger partial charge on any atom is 0.229 e. The highest BCUT2D eigenvalue weighted by molar-refractivity contribution is 5.94. The second-order valence-corrected chi connectivity index (χ2v) is 7.90. The summed E-state index contributed by atoms with van der Waals surface area (Å²) in [6.45, 7) is 1.44. The second-order valence-electron chi connectivity index (χ2n) is 7.90. The minimum Gasteiger partial charge on any atom is -0.370 e. The van der Waals surface area contributed by atoms with E-state index in [0.717, 1.165) is 47.4 Å². The number of carbonyl (C=O) groups excluding carboxylic acids is 1. The van der Waals surface area contributed by atoms with E-state index in [1.807, 2.05) is 59.4 Å². The number of nitrogens with zero attached hydrogens (tertiary/aromatic N) is 3. The van der Waals surface area contributed by atoms with Crippen molar-refractivity contribution in [3.63, 3.8) is 0 Å². The summed E-state index contributed by atoms with van der Waals surface area (Å²) in [6.07, 6.45) is 7.45. The van der Waals surface area contributed by atoms with E-state index in [1.54, 1.807) is 12.3 Å². The Kier molecular flexibility index (Phi) is 5.12. The van der Waals surface area contributed by atoms with Crippen molar-refractivity contribution in [2.45, 2.75) is 12.8 Å². The molecule has 0 radical (unpaired) electrons. The van der Waals surface area contributed by atoms with Crippen molar-refractivity contribution in [1.82, 2.24) is 9.55 Å². The third kappa shape index (κ3) is 4.01. The van der Waals surface area contributed by atoms with Crippen LogP contribution in [0.3, 0.4) is 0 Å². The smallest absolute Gasteiger partial charge is 0.229 e. The predicted octanol–water partition coefficient (Wildman–Crippen LogP) is 5.02. The Hall–Kier alpha value is -3.67. The van der Waals surface area contributed by atoms with Gasteiger partial charge in [-0.2, -0.15) is 0 Å². The summed E-state index contributed by atoms with van der Waals surface area (Å²) in [7, 11) is 0. The van der Waals surface area contributed by atoms with Crippen LogP contribution in [0, 0.1) is 11.7 Å². The lowest BCUT2D eigenvalue weighted by molar-refractivity contribution is -0.120. The van der Waals surface area contributed by atoms with Gasteiger partial charge in [0.25, 0.3) is 0 Å². The molecule has 1 saturated heterocycles. The van der Waals surface area contributed by atoms with Crippen LogP contribution in [0.25, 0.3) is 16.6 Å². The maximum atomic E-state index is 13.8. The normalized spacial score (nSPS) is 16.4. The molecule has 0 saturated carbocycles. The number of hydrogen-bond acceptors (Lipinski definition) is 3. The van der Waals surface area contributed by atoms with Crippen LogP contribution < -0.4 is 10.2 Å². The number of hydrogen-bond donors (Lipinski definition) is 1. The average Bonchev–Trinajstić information content (AvgIpc) is 3.34. The lowest BCUT2D eigenvalue weighted by atomic mass is 9.96. The number of pyridine rings is 1. The Morgan fingerprint density at radius 3 is 2.68 bits per heavy atom. The third-order valence-electron chi connectivity index (χ3n) is 5.85. The second kappa shape index (κ2) is 8.22. The Bertz CT molecular complexity index is 1200. The van der Waals surface area contributed by atoms with Gasteiger partial charge in [-0.25, -0.2) is 4.39 Å². The third-order valence-corrected chi connectivity index (χ3v) is 5.85. The van der Waals surface area contributed by atoms with Crippen LogP contribution in [-0.2, 0) is 4.79 Å². The highest BCUT2D eigenvalue weighted by Gasteiger charge is 2.27. The number of fused-ring (bicyclic) bond motifs is 1. The fourth-order valence-corrected chi connectivity index (χ4v) is 4.26. The van der Waals surface area contributed by atoms with Crippen molar-refractivity contribution in [2.24, 2.45) is 5.92 Å². The zero-order valence-electron chi connectivity index (χ0n) is 17.0. The average molecular weight is 414 g/mol. The molecule has 1 N–H and O–H groups in total. The summed E-state index contributed by atoms with van der Waals surface area (Å²) in [5.74, 6) is -0.394. The molecule has 5 nitrogen and oxygen atoms in total. The van der Waals surface area contributed by atoms with Crippen LogP contribution in [0.2, 0.25) is 0 Å². The molecule has 2 aromatic carbocycles. The van der Waals surface area contributed by atoms with Crippen LogP contribution in [0.5, 0.6) is 0 Å². The number of halogens is 1. The lowest BCUT2D eigenvalue weighted by Gasteiger charge is -2.34. The number of piperidine rings is 1. The highest BCUT2D eigenvalue weighted by atomic mass is 19.1. The zero-order valence-corrected chi connectivity index (χ0v) is 17.0. The van der Waals surface area contributed by atoms with Gasteiger partial charge in [-0.3, -0.25) is 9.78 Å². The number of rotatable bonds is 4. The number of anilines is 2. The number of benzene rings is 2. The number of aromatic nitrogens is 2. The van der Waals surface area contributed by atoms with Crippen molar-refractivity contribution in [2.75, 3.05) is 23.3 Å². The first-order valence-corrected chi connectivity index (χ1v) is 10.5. The van der Waals surface area contributed by atoms with Crippen LogP contribution in [0.1, 0.15) is 12.8 Å². The molecule has 5 rings (SSSR count). The molecule has 1 aliphatic rings. The monoisotopic (exact) mass is 414 g/mol. The summed E-state index contributed by atoms with van der Waals surface area (Å²) in [5, 5.41) is 3.84. The molecule has 1 fully saturated rings. The summed E-state index contributed by atoms with van der Waals surface area (Å²) >= 11 is 0. The van der Waals surface area contributed by atoms with Gasteiger partial charge in [0.15, 0.2) is 0 Å². The predicted molar refractivity (Wildman–Crippen MR) is 121 cm³/mol. The molecular weight excluding hydrogens is 391 g/mol. The summed E-state index contributed by atoms with van der Waals surface area (Å²) in [4.78, 5) is 19.5. The molecule has 4 aromatic rings. The molecule has 0 bridgehead atoms. The van der Waals surface area contributed by atoms with Crippen molar-refractivity contribution >= 4 is 28.2 Å². The van der Waals surface area contributed by atoms with Gasteiger partial charge in [0.2, 0.25) is 5.91 Å². The molecule has 3 heterocycles. The fraction of sp³-hybridized carbons (Fsp3) is 0.200. The topological polar surface area (TPSA) is 50.2 Å². The van der Waals surface area contributed by atoms with Crippen molar-refractivity contribution < 1.29 is 9.18 Å². The van der Waals surface area contributed by atoms with Gasteiger partial charge >= 0.3 is 0 Å². The van der Waals surface area contributed by atoms with Gasteiger partial charge in [0.05, 0.1) is 11.4 Å². The number of carbonyl (C=O) groups is 1. The first-order chi connectivity index (χ1) is 15.2. The van der Waals surface area contributed by atoms with E-state index in [2.05, 4.69) is 15.2 Å². The van der Waals surface area contributed by atoms with Gasteiger partial charge in [0.1, 0.15) is 5.82 Å². The largest absolute Gasteiger partial charge is 0.370 e. The Morgan fingerprint density at radius 2 is 1.87 bits per heavy atom. The van der Waals surface area contributed by atoms with E-state index in [1.165, 1.54) is 12.1 Å². The molecule has 1 amide bonds. The van der Waals surface area contributed by atoms with Gasteiger partial charge in [0, 0.05) is 54.1 Å². The molecule has 0 spiro atoms. The molecule has 1 atom stereocenters. The van der Waals surface area contributed by atoms with E-state index in [0.29, 0.717) is 6.54 Å². The number of nitrogens with one attached hydrogen (secondary N) is 1. The maximum absolute atomic E-state index is 13.8. The molecule has 0 aliphatic carbocycles. The van der Waals surface area contributed by atoms with Crippen LogP contribution in [0.15, 0.2) is 79.3 Å². The minimum atomic E-state index is -0.281. The summed E-state index contributed by atoms with van der Waals surface area (Å²) in [5.41, 5.74) is 3.52. The van der Waals surface area contributed by atoms with Gasteiger partial charge < -0.3 is 14.8 Å². The van der Waals surface area contributed by atoms with Crippen molar-refractivity contribution in [1.29, 1.82) is 0 Å². The van der Waals surface area contributed by atoms with E-state index in [-0.39, 0.29) is 17.6 Å². The Morgan fingerprint density at radius 1 is 1.06 bits per heavy atom. The van der Waals surface area contributed by atoms with Crippen LogP contribution >= 0.6 is 0 Å². The molecule has 1 unspecified atom stereocenters. The Labute approximate surface area is 180 Å². The van der Waals surface area contributed by atoms with Crippen molar-refractivity contribution in [3.8, 4) is 5.69 Å². The molecule has 156 valence electrons. The minimum absolute atomic E-state index is 0.0166. The van der Waals surface area contributed by atoms with Crippen LogP contribution in [0.4, 0.5) is 15.8 Å². The first kappa shape index (κ1) is 19.3. The van der Waals surface area contributed by atoms with E-state index in [9.17, 15) is 9.18 Å². The first-order valence-electron chi connectivity index (χ1n) is 10.5. The van der Waals surface area contributed by atoms with E-state index >= 15 is 0 Å². The van der Waals surface area contributed by atoms with E-state index < -0.39 is 0 Å². The SMILES string of the molecule is O=C(Nc1ccc(-n2cccc2)cc1)C1CCCN(c2ccnc3ccc(F)cc23)C1. The van der Waals surface area contributed by atoms with Gasteiger partial charge in [-0.15, -0.1) is 0 Å². The Balaban J connectivity index is 1.30. The zero-order chi connectivity index (χ0) is 21.2. The fourth-order valence-electron chi connectivity index (χ4n) is 4.26. The van der Waals surface area contributed by atoms with Crippen molar-refractivity contribution in [3.05, 3.63) is 85.1 Å². The lowest BCUT2D eigenvalue weighted by Crippen LogP contribution is -2.40. The summed E-state index contributed by atoms with van der Waals surface area (Å²) in [6, 6.07) is 18.3. The summed E-state index contributed by atoms with van der Waals surface area (Å²) < 4.78 is 15.9. The molecule has 1 aliphatic heterocycles. The number of amides is 1. The molecule has 6 heteroatoms. The standard InChI is InChI=1S/C25H23FN4O/c26-19-5-10-23-22(16-19)24(11-12-27-23)30-15-3-4-18(17-30)25(31)28-20-6-8-21(9-7-20)29-13-1-2-14-29/h1-2,5-14,16,18H,3-4,15,17H2,(H,28,31). The van der Waals surface area contributed by atoms with Gasteiger partial charge in [-0.1, -0.05) is 0 Å². The molecular formula is C25H23FN4O. The van der Waals surface area contributed by atoms with E-state index in [4.69, 9.17) is 0 Å².